The van der Waals surface area contributed by atoms with Crippen molar-refractivity contribution in [3.8, 4) is 0 Å². The monoisotopic (exact) mass is 216 g/mol. The zero-order valence-corrected chi connectivity index (χ0v) is 8.01. The Morgan fingerprint density at radius 1 is 1.33 bits per heavy atom. The average molecular weight is 216 g/mol. The van der Waals surface area contributed by atoms with Crippen LogP contribution in [0.25, 0.3) is 0 Å². The summed E-state index contributed by atoms with van der Waals surface area (Å²) in [6.07, 6.45) is -1.24. The highest BCUT2D eigenvalue weighted by Gasteiger charge is 2.40. The van der Waals surface area contributed by atoms with Gasteiger partial charge in [0.15, 0.2) is 0 Å². The maximum Gasteiger partial charge on any atom is 0.263 e. The van der Waals surface area contributed by atoms with Gasteiger partial charge in [0, 0.05) is 12.0 Å². The molecule has 15 heavy (non-hydrogen) atoms. The fraction of sp³-hybridized carbons (Fsp3) is 0.455. The summed E-state index contributed by atoms with van der Waals surface area (Å²) < 4.78 is 37.9. The predicted molar refractivity (Wildman–Crippen MR) is 49.2 cm³/mol. The quantitative estimate of drug-likeness (QED) is 0.823. The van der Waals surface area contributed by atoms with Crippen molar-refractivity contribution in [1.82, 2.24) is 0 Å². The fourth-order valence-electron chi connectivity index (χ4n) is 1.54. The molecule has 2 rings (SSSR count). The second-order valence-corrected chi connectivity index (χ2v) is 4.05. The minimum Gasteiger partial charge on any atom is -0.390 e. The van der Waals surface area contributed by atoms with Crippen LogP contribution < -0.4 is 0 Å². The van der Waals surface area contributed by atoms with Crippen LogP contribution in [0.1, 0.15) is 30.4 Å². The molecular weight excluding hydrogens is 205 g/mol. The second-order valence-electron chi connectivity index (χ2n) is 4.05. The molecule has 0 aliphatic heterocycles. The highest BCUT2D eigenvalue weighted by Crippen LogP contribution is 2.39. The molecule has 1 saturated carbocycles. The molecule has 4 heteroatoms. The van der Waals surface area contributed by atoms with E-state index in [0.29, 0.717) is 12.8 Å². The zero-order chi connectivity index (χ0) is 11.1. The lowest BCUT2D eigenvalue weighted by molar-refractivity contribution is 0.146. The van der Waals surface area contributed by atoms with E-state index in [4.69, 9.17) is 0 Å². The first kappa shape index (κ1) is 10.5. The Bertz CT molecular complexity index is 372. The summed E-state index contributed by atoms with van der Waals surface area (Å²) in [6, 6.07) is 3.24. The Hall–Kier alpha value is -1.03. The van der Waals surface area contributed by atoms with E-state index in [1.807, 2.05) is 0 Å². The molecule has 0 bridgehead atoms. The van der Waals surface area contributed by atoms with Crippen LogP contribution in [0.5, 0.6) is 0 Å². The first-order valence-corrected chi connectivity index (χ1v) is 4.79. The topological polar surface area (TPSA) is 20.2 Å². The van der Waals surface area contributed by atoms with Crippen LogP contribution in [0.3, 0.4) is 0 Å². The molecule has 1 aromatic rings. The molecule has 1 nitrogen and oxygen atoms in total. The normalized spacial score (nSPS) is 18.2. The molecule has 1 aromatic carbocycles. The van der Waals surface area contributed by atoms with Gasteiger partial charge in [-0.05, 0) is 30.5 Å². The molecule has 0 amide bonds. The molecule has 1 fully saturated rings. The van der Waals surface area contributed by atoms with Gasteiger partial charge in [0.25, 0.3) is 6.43 Å². The Balaban J connectivity index is 2.24. The second kappa shape index (κ2) is 3.52. The summed E-state index contributed by atoms with van der Waals surface area (Å²) >= 11 is 0. The van der Waals surface area contributed by atoms with Crippen LogP contribution in [-0.4, -0.2) is 10.7 Å². The van der Waals surface area contributed by atoms with Gasteiger partial charge in [0.1, 0.15) is 5.82 Å². The first-order valence-electron chi connectivity index (χ1n) is 4.79. The number of halogens is 3. The van der Waals surface area contributed by atoms with Crippen LogP contribution >= 0.6 is 0 Å². The SMILES string of the molecule is OC1(Cc2cc(C(F)F)ccc2F)CC1. The maximum atomic E-state index is 13.2. The van der Waals surface area contributed by atoms with E-state index in [9.17, 15) is 18.3 Å². The number of rotatable bonds is 3. The summed E-state index contributed by atoms with van der Waals surface area (Å²) in [5.41, 5.74) is -0.884. The van der Waals surface area contributed by atoms with Crippen LogP contribution in [0.2, 0.25) is 0 Å². The highest BCUT2D eigenvalue weighted by atomic mass is 19.3. The first-order chi connectivity index (χ1) is 7.00. The third-order valence-corrected chi connectivity index (χ3v) is 2.67. The molecule has 0 aromatic heterocycles. The zero-order valence-electron chi connectivity index (χ0n) is 8.01. The third-order valence-electron chi connectivity index (χ3n) is 2.67. The lowest BCUT2D eigenvalue weighted by Gasteiger charge is -2.10. The van der Waals surface area contributed by atoms with Crippen molar-refractivity contribution < 1.29 is 18.3 Å². The molecule has 82 valence electrons. The number of aliphatic hydroxyl groups is 1. The maximum absolute atomic E-state index is 13.2. The van der Waals surface area contributed by atoms with Crippen molar-refractivity contribution >= 4 is 0 Å². The largest absolute Gasteiger partial charge is 0.390 e. The summed E-state index contributed by atoms with van der Waals surface area (Å²) in [6.45, 7) is 0. The Kier molecular flexibility index (Phi) is 2.46. The van der Waals surface area contributed by atoms with Crippen LogP contribution in [0.4, 0.5) is 13.2 Å². The number of benzene rings is 1. The van der Waals surface area contributed by atoms with Gasteiger partial charge >= 0.3 is 0 Å². The van der Waals surface area contributed by atoms with E-state index in [-0.39, 0.29) is 17.5 Å². The molecule has 0 heterocycles. The number of hydrogen-bond acceptors (Lipinski definition) is 1. The van der Waals surface area contributed by atoms with E-state index in [1.165, 1.54) is 0 Å². The molecule has 0 atom stereocenters. The Morgan fingerprint density at radius 2 is 2.00 bits per heavy atom. The van der Waals surface area contributed by atoms with Crippen LogP contribution in [0.15, 0.2) is 18.2 Å². The summed E-state index contributed by atoms with van der Waals surface area (Å²) in [4.78, 5) is 0. The van der Waals surface area contributed by atoms with Crippen molar-refractivity contribution in [3.63, 3.8) is 0 Å². The minimum absolute atomic E-state index is 0.124. The molecule has 0 spiro atoms. The van der Waals surface area contributed by atoms with E-state index >= 15 is 0 Å². The van der Waals surface area contributed by atoms with Gasteiger partial charge in [-0.2, -0.15) is 0 Å². The molecule has 0 unspecified atom stereocenters. The van der Waals surface area contributed by atoms with Gasteiger partial charge < -0.3 is 5.11 Å². The molecular formula is C11H11F3O. The number of hydrogen-bond donors (Lipinski definition) is 1. The molecule has 1 aliphatic carbocycles. The molecule has 1 aliphatic rings. The lowest BCUT2D eigenvalue weighted by Crippen LogP contribution is -2.12. The van der Waals surface area contributed by atoms with Crippen molar-refractivity contribution in [3.05, 3.63) is 35.1 Å². The Labute approximate surface area is 85.5 Å². The molecule has 0 saturated heterocycles. The summed E-state index contributed by atoms with van der Waals surface area (Å²) in [5, 5.41) is 9.58. The van der Waals surface area contributed by atoms with Crippen molar-refractivity contribution in [2.24, 2.45) is 0 Å². The Morgan fingerprint density at radius 3 is 2.53 bits per heavy atom. The number of alkyl halides is 2. The predicted octanol–water partition coefficient (Wildman–Crippen LogP) is 2.83. The fourth-order valence-corrected chi connectivity index (χ4v) is 1.54. The van der Waals surface area contributed by atoms with Gasteiger partial charge in [-0.1, -0.05) is 6.07 Å². The van der Waals surface area contributed by atoms with Gasteiger partial charge in [-0.3, -0.25) is 0 Å². The van der Waals surface area contributed by atoms with Gasteiger partial charge in [-0.25, -0.2) is 13.2 Å². The van der Waals surface area contributed by atoms with E-state index in [1.54, 1.807) is 0 Å². The van der Waals surface area contributed by atoms with Crippen molar-refractivity contribution in [1.29, 1.82) is 0 Å². The van der Waals surface area contributed by atoms with Gasteiger partial charge in [-0.15, -0.1) is 0 Å². The molecule has 1 N–H and O–H groups in total. The standard InChI is InChI=1S/C11H11F3O/c12-9-2-1-7(10(13)14)5-8(9)6-11(15)3-4-11/h1-2,5,10,15H,3-4,6H2. The van der Waals surface area contributed by atoms with Crippen LogP contribution in [0, 0.1) is 5.82 Å². The smallest absolute Gasteiger partial charge is 0.263 e. The lowest BCUT2D eigenvalue weighted by atomic mass is 10.0. The van der Waals surface area contributed by atoms with E-state index < -0.39 is 17.8 Å². The van der Waals surface area contributed by atoms with Crippen molar-refractivity contribution in [2.75, 3.05) is 0 Å². The minimum atomic E-state index is -2.60. The van der Waals surface area contributed by atoms with Gasteiger partial charge in [0.2, 0.25) is 0 Å². The summed E-state index contributed by atoms with van der Waals surface area (Å²) in [5.74, 6) is -0.528. The molecule has 0 radical (unpaired) electrons. The van der Waals surface area contributed by atoms with E-state index in [0.717, 1.165) is 18.2 Å². The summed E-state index contributed by atoms with van der Waals surface area (Å²) in [7, 11) is 0. The van der Waals surface area contributed by atoms with Crippen LogP contribution in [-0.2, 0) is 6.42 Å². The average Bonchev–Trinajstić information content (AvgIpc) is 2.87. The third kappa shape index (κ3) is 2.31. The van der Waals surface area contributed by atoms with Gasteiger partial charge in [0.05, 0.1) is 5.60 Å². The highest BCUT2D eigenvalue weighted by molar-refractivity contribution is 5.28. The van der Waals surface area contributed by atoms with Crippen molar-refractivity contribution in [2.45, 2.75) is 31.3 Å². The van der Waals surface area contributed by atoms with E-state index in [2.05, 4.69) is 0 Å².